The largest absolute Gasteiger partial charge is 0.411 e. The Hall–Kier alpha value is -1.37. The third-order valence-corrected chi connectivity index (χ3v) is 10.8. The van der Waals surface area contributed by atoms with Crippen LogP contribution in [0.5, 0.6) is 0 Å². The number of hydrogen-bond acceptors (Lipinski definition) is 3. The number of benzene rings is 1. The number of amides is 2. The molecule has 0 bridgehead atoms. The zero-order valence-corrected chi connectivity index (χ0v) is 18.5. The van der Waals surface area contributed by atoms with Crippen LogP contribution in [0.1, 0.15) is 31.9 Å². The first kappa shape index (κ1) is 20.4. The summed E-state index contributed by atoms with van der Waals surface area (Å²) in [4.78, 5) is 16.5. The molecule has 0 unspecified atom stereocenters. The van der Waals surface area contributed by atoms with Crippen molar-refractivity contribution >= 4 is 14.3 Å². The molecular weight excluding hydrogens is 354 g/mol. The highest BCUT2D eigenvalue weighted by Crippen LogP contribution is 2.37. The van der Waals surface area contributed by atoms with Crippen molar-refractivity contribution in [1.82, 2.24) is 15.1 Å². The lowest BCUT2D eigenvalue weighted by Gasteiger charge is -2.42. The molecule has 150 valence electrons. The molecule has 0 radical (unpaired) electrons. The number of rotatable bonds is 6. The second kappa shape index (κ2) is 7.93. The Morgan fingerprint density at radius 3 is 2.48 bits per heavy atom. The molecule has 2 heterocycles. The lowest BCUT2D eigenvalue weighted by molar-refractivity contribution is 0.0894. The van der Waals surface area contributed by atoms with Crippen molar-refractivity contribution < 1.29 is 9.22 Å². The molecule has 2 aliphatic rings. The Kier molecular flexibility index (Phi) is 5.98. The van der Waals surface area contributed by atoms with Gasteiger partial charge in [-0.05, 0) is 35.7 Å². The molecule has 0 aromatic heterocycles. The van der Waals surface area contributed by atoms with E-state index in [4.69, 9.17) is 4.43 Å². The monoisotopic (exact) mass is 389 g/mol. The van der Waals surface area contributed by atoms with Crippen molar-refractivity contribution in [3.8, 4) is 0 Å². The van der Waals surface area contributed by atoms with Gasteiger partial charge in [-0.25, -0.2) is 4.79 Å². The van der Waals surface area contributed by atoms with Crippen LogP contribution in [0.25, 0.3) is 0 Å². The Bertz CT molecular complexity index is 672. The summed E-state index contributed by atoms with van der Waals surface area (Å²) in [6.07, 6.45) is 1.15. The molecule has 1 aromatic carbocycles. The van der Waals surface area contributed by atoms with E-state index in [1.165, 1.54) is 11.1 Å². The zero-order chi connectivity index (χ0) is 19.7. The molecule has 0 spiro atoms. The predicted molar refractivity (Wildman–Crippen MR) is 112 cm³/mol. The van der Waals surface area contributed by atoms with Crippen LogP contribution in [-0.4, -0.2) is 63.0 Å². The molecule has 2 aliphatic heterocycles. The van der Waals surface area contributed by atoms with Crippen LogP contribution < -0.4 is 5.32 Å². The van der Waals surface area contributed by atoms with Gasteiger partial charge in [-0.2, -0.15) is 0 Å². The fourth-order valence-electron chi connectivity index (χ4n) is 3.65. The quantitative estimate of drug-likeness (QED) is 0.758. The first-order valence-electron chi connectivity index (χ1n) is 10.2. The minimum atomic E-state index is -1.90. The van der Waals surface area contributed by atoms with Gasteiger partial charge in [0.05, 0.1) is 6.10 Å². The minimum absolute atomic E-state index is 0.0443. The summed E-state index contributed by atoms with van der Waals surface area (Å²) in [5.74, 6) is 0. The zero-order valence-electron chi connectivity index (χ0n) is 17.5. The van der Waals surface area contributed by atoms with E-state index in [1.807, 2.05) is 4.90 Å². The van der Waals surface area contributed by atoms with Crippen LogP contribution in [0.15, 0.2) is 24.3 Å². The molecule has 1 saturated heterocycles. The summed E-state index contributed by atoms with van der Waals surface area (Å²) >= 11 is 0. The van der Waals surface area contributed by atoms with E-state index in [0.29, 0.717) is 6.54 Å². The van der Waals surface area contributed by atoms with Crippen LogP contribution in [0.2, 0.25) is 18.1 Å². The topological polar surface area (TPSA) is 44.8 Å². The average Bonchev–Trinajstić information content (AvgIpc) is 2.98. The van der Waals surface area contributed by atoms with E-state index in [0.717, 1.165) is 39.1 Å². The first-order chi connectivity index (χ1) is 12.7. The van der Waals surface area contributed by atoms with Gasteiger partial charge in [0.25, 0.3) is 0 Å². The smallest absolute Gasteiger partial charge is 0.317 e. The highest BCUT2D eigenvalue weighted by Gasteiger charge is 2.40. The normalized spacial score (nSPS) is 19.7. The number of carbonyl (C=O) groups is 1. The van der Waals surface area contributed by atoms with Crippen molar-refractivity contribution in [2.45, 2.75) is 58.0 Å². The van der Waals surface area contributed by atoms with Gasteiger partial charge in [-0.3, -0.25) is 4.90 Å². The van der Waals surface area contributed by atoms with Gasteiger partial charge in [0.15, 0.2) is 8.32 Å². The number of nitrogens with one attached hydrogen (secondary N) is 1. The Morgan fingerprint density at radius 1 is 1.15 bits per heavy atom. The molecule has 0 saturated carbocycles. The summed E-state index contributed by atoms with van der Waals surface area (Å²) in [5.41, 5.74) is 2.89. The SMILES string of the molecule is CC(C)(C)[Si](C)(C)O[C@H](CN1CCc2ccccc2C1)CN1CCNC1=O. The van der Waals surface area contributed by atoms with E-state index in [9.17, 15) is 4.79 Å². The second-order valence-corrected chi connectivity index (χ2v) is 14.2. The van der Waals surface area contributed by atoms with E-state index >= 15 is 0 Å². The number of hydrogen-bond donors (Lipinski definition) is 1. The minimum Gasteiger partial charge on any atom is -0.411 e. The molecular formula is C21H35N3O2Si. The van der Waals surface area contributed by atoms with Gasteiger partial charge in [0.2, 0.25) is 0 Å². The number of urea groups is 1. The van der Waals surface area contributed by atoms with Crippen LogP contribution >= 0.6 is 0 Å². The Balaban J connectivity index is 1.70. The van der Waals surface area contributed by atoms with Gasteiger partial charge >= 0.3 is 6.03 Å². The van der Waals surface area contributed by atoms with Crippen molar-refractivity contribution in [3.63, 3.8) is 0 Å². The predicted octanol–water partition coefficient (Wildman–Crippen LogP) is 3.46. The van der Waals surface area contributed by atoms with Gasteiger partial charge in [0.1, 0.15) is 0 Å². The van der Waals surface area contributed by atoms with Crippen molar-refractivity contribution in [1.29, 1.82) is 0 Å². The van der Waals surface area contributed by atoms with Crippen molar-refractivity contribution in [2.75, 3.05) is 32.7 Å². The highest BCUT2D eigenvalue weighted by atomic mass is 28.4. The van der Waals surface area contributed by atoms with E-state index < -0.39 is 8.32 Å². The number of nitrogens with zero attached hydrogens (tertiary/aromatic N) is 2. The van der Waals surface area contributed by atoms with Gasteiger partial charge in [0, 0.05) is 39.3 Å². The fraction of sp³-hybridized carbons (Fsp3) is 0.667. The number of fused-ring (bicyclic) bond motifs is 1. The maximum absolute atomic E-state index is 12.1. The van der Waals surface area contributed by atoms with Gasteiger partial charge in [-0.15, -0.1) is 0 Å². The molecule has 1 atom stereocenters. The van der Waals surface area contributed by atoms with Crippen LogP contribution in [0, 0.1) is 0 Å². The van der Waals surface area contributed by atoms with Gasteiger partial charge in [-0.1, -0.05) is 45.0 Å². The van der Waals surface area contributed by atoms with Crippen molar-refractivity contribution in [2.24, 2.45) is 0 Å². The standard InChI is InChI=1S/C21H35N3O2Si/c1-21(2,3)27(4,5)26-19(16-24-13-11-22-20(24)25)15-23-12-10-17-8-6-7-9-18(17)14-23/h6-9,19H,10-16H2,1-5H3,(H,22,25)/t19-/m1/s1. The maximum atomic E-state index is 12.1. The van der Waals surface area contributed by atoms with Crippen molar-refractivity contribution in [3.05, 3.63) is 35.4 Å². The molecule has 2 amide bonds. The molecule has 6 heteroatoms. The maximum Gasteiger partial charge on any atom is 0.317 e. The van der Waals surface area contributed by atoms with Crippen LogP contribution in [-0.2, 0) is 17.4 Å². The molecule has 1 N–H and O–H groups in total. The summed E-state index contributed by atoms with van der Waals surface area (Å²) < 4.78 is 6.78. The lowest BCUT2D eigenvalue weighted by atomic mass is 10.00. The Morgan fingerprint density at radius 2 is 1.85 bits per heavy atom. The van der Waals surface area contributed by atoms with E-state index in [1.54, 1.807) is 0 Å². The summed E-state index contributed by atoms with van der Waals surface area (Å²) in [7, 11) is -1.90. The fourth-order valence-corrected chi connectivity index (χ4v) is 4.99. The molecule has 3 rings (SSSR count). The highest BCUT2D eigenvalue weighted by molar-refractivity contribution is 6.74. The molecule has 27 heavy (non-hydrogen) atoms. The molecule has 5 nitrogen and oxygen atoms in total. The third kappa shape index (κ3) is 4.92. The molecule has 1 fully saturated rings. The number of carbonyl (C=O) groups excluding carboxylic acids is 1. The molecule has 0 aliphatic carbocycles. The van der Waals surface area contributed by atoms with Crippen LogP contribution in [0.4, 0.5) is 4.79 Å². The lowest BCUT2D eigenvalue weighted by Crippen LogP contribution is -2.51. The van der Waals surface area contributed by atoms with Crippen LogP contribution in [0.3, 0.4) is 0 Å². The summed E-state index contributed by atoms with van der Waals surface area (Å²) in [6.45, 7) is 16.5. The van der Waals surface area contributed by atoms with E-state index in [2.05, 4.69) is 68.3 Å². The average molecular weight is 390 g/mol. The van der Waals surface area contributed by atoms with Gasteiger partial charge < -0.3 is 14.6 Å². The van der Waals surface area contributed by atoms with E-state index in [-0.39, 0.29) is 17.2 Å². The third-order valence-electron chi connectivity index (χ3n) is 6.31. The first-order valence-corrected chi connectivity index (χ1v) is 13.1. The molecule has 1 aromatic rings. The Labute approximate surface area is 165 Å². The summed E-state index contributed by atoms with van der Waals surface area (Å²) in [6, 6.07) is 8.77. The summed E-state index contributed by atoms with van der Waals surface area (Å²) in [5, 5.41) is 3.07. The second-order valence-electron chi connectivity index (χ2n) is 9.43.